The van der Waals surface area contributed by atoms with Crippen molar-refractivity contribution in [2.75, 3.05) is 12.3 Å². The zero-order valence-corrected chi connectivity index (χ0v) is 6.77. The lowest BCUT2D eigenvalue weighted by Gasteiger charge is -2.01. The molecule has 5 heteroatoms. The molecule has 2 rings (SSSR count). The van der Waals surface area contributed by atoms with E-state index in [0.29, 0.717) is 12.3 Å². The maximum Gasteiger partial charge on any atom is 0.194 e. The van der Waals surface area contributed by atoms with Crippen molar-refractivity contribution in [1.82, 2.24) is 14.3 Å². The van der Waals surface area contributed by atoms with Crippen molar-refractivity contribution in [3.8, 4) is 0 Å². The molecule has 2 N–H and O–H groups in total. The zero-order chi connectivity index (χ0) is 8.55. The Morgan fingerprint density at radius 3 is 3.25 bits per heavy atom. The van der Waals surface area contributed by atoms with Crippen LogP contribution in [0.25, 0.3) is 5.65 Å². The molecule has 2 heterocycles. The first-order chi connectivity index (χ1) is 5.83. The van der Waals surface area contributed by atoms with Crippen LogP contribution in [0.5, 0.6) is 0 Å². The summed E-state index contributed by atoms with van der Waals surface area (Å²) in [5.41, 5.74) is 7.13. The number of rotatable bonds is 2. The lowest BCUT2D eigenvalue weighted by atomic mass is 10.5. The molecule has 0 bridgehead atoms. The highest BCUT2D eigenvalue weighted by atomic mass is 16.7. The van der Waals surface area contributed by atoms with E-state index in [1.165, 1.54) is 0 Å². The maximum absolute atomic E-state index is 5.69. The Morgan fingerprint density at radius 1 is 1.67 bits per heavy atom. The molecule has 0 unspecified atom stereocenters. The van der Waals surface area contributed by atoms with E-state index in [9.17, 15) is 0 Å². The van der Waals surface area contributed by atoms with E-state index >= 15 is 0 Å². The Hall–Kier alpha value is -1.65. The van der Waals surface area contributed by atoms with Crippen LogP contribution in [0.15, 0.2) is 18.6 Å². The molecule has 0 fully saturated rings. The number of nitrogen functional groups attached to an aromatic ring is 1. The summed E-state index contributed by atoms with van der Waals surface area (Å²) in [5, 5.41) is 4.03. The number of hydrogen-bond acceptors (Lipinski definition) is 3. The van der Waals surface area contributed by atoms with Crippen LogP contribution >= 0.6 is 0 Å². The number of nitrogens with two attached hydrogens (primary N) is 1. The van der Waals surface area contributed by atoms with Gasteiger partial charge in [0.25, 0.3) is 0 Å². The van der Waals surface area contributed by atoms with E-state index in [1.807, 2.05) is 6.92 Å². The Labute approximate surface area is 69.3 Å². The lowest BCUT2D eigenvalue weighted by Crippen LogP contribution is -2.09. The van der Waals surface area contributed by atoms with E-state index < -0.39 is 0 Å². The van der Waals surface area contributed by atoms with Gasteiger partial charge in [-0.2, -0.15) is 9.83 Å². The van der Waals surface area contributed by atoms with E-state index in [0.717, 1.165) is 5.65 Å². The van der Waals surface area contributed by atoms with Crippen LogP contribution in [-0.4, -0.2) is 21.0 Å². The first-order valence-corrected chi connectivity index (χ1v) is 3.76. The average Bonchev–Trinajstić information content (AvgIpc) is 2.58. The Balaban J connectivity index is 2.59. The summed E-state index contributed by atoms with van der Waals surface area (Å²) in [4.78, 5) is 5.25. The Bertz CT molecular complexity index is 389. The summed E-state index contributed by atoms with van der Waals surface area (Å²) < 4.78 is 3.24. The maximum atomic E-state index is 5.69. The fourth-order valence-electron chi connectivity index (χ4n) is 1.14. The lowest BCUT2D eigenvalue weighted by molar-refractivity contribution is 0.131. The van der Waals surface area contributed by atoms with Crippen molar-refractivity contribution in [3.05, 3.63) is 18.6 Å². The van der Waals surface area contributed by atoms with E-state index in [4.69, 9.17) is 10.6 Å². The molecule has 5 nitrogen and oxygen atoms in total. The van der Waals surface area contributed by atoms with Gasteiger partial charge in [-0.05, 0) is 13.0 Å². The van der Waals surface area contributed by atoms with Crippen molar-refractivity contribution < 1.29 is 4.84 Å². The van der Waals surface area contributed by atoms with Crippen LogP contribution < -0.4 is 10.6 Å². The summed E-state index contributed by atoms with van der Waals surface area (Å²) in [6.45, 7) is 2.51. The van der Waals surface area contributed by atoms with Gasteiger partial charge in [-0.15, -0.1) is 0 Å². The van der Waals surface area contributed by atoms with Crippen LogP contribution in [0.3, 0.4) is 0 Å². The molecule has 2 aromatic rings. The summed E-state index contributed by atoms with van der Waals surface area (Å²) in [7, 11) is 0. The monoisotopic (exact) mass is 166 g/mol. The summed E-state index contributed by atoms with van der Waals surface area (Å²) in [6.07, 6.45) is 3.38. The smallest absolute Gasteiger partial charge is 0.194 e. The molecule has 0 amide bonds. The van der Waals surface area contributed by atoms with E-state index in [1.54, 1.807) is 27.8 Å². The van der Waals surface area contributed by atoms with Gasteiger partial charge in [-0.25, -0.2) is 4.52 Å². The molecule has 0 aromatic carbocycles. The second kappa shape index (κ2) is 2.44. The van der Waals surface area contributed by atoms with Crippen molar-refractivity contribution in [1.29, 1.82) is 0 Å². The highest BCUT2D eigenvalue weighted by Crippen LogP contribution is 2.12. The van der Waals surface area contributed by atoms with Gasteiger partial charge in [-0.1, -0.05) is 0 Å². The second-order valence-corrected chi connectivity index (χ2v) is 2.41. The first kappa shape index (κ1) is 7.02. The number of hydrogen-bond donors (Lipinski definition) is 1. The van der Waals surface area contributed by atoms with Crippen LogP contribution in [0, 0.1) is 0 Å². The van der Waals surface area contributed by atoms with Crippen LogP contribution in [-0.2, 0) is 0 Å². The van der Waals surface area contributed by atoms with Gasteiger partial charge in [0, 0.05) is 6.20 Å². The van der Waals surface area contributed by atoms with E-state index in [2.05, 4.69) is 5.10 Å². The molecular formula is C7H10N4O. The Kier molecular flexibility index (Phi) is 1.43. The SMILES string of the molecule is CCOn1cnn2ccc(N)c12. The topological polar surface area (TPSA) is 57.5 Å². The number of fused-ring (bicyclic) bond motifs is 1. The van der Waals surface area contributed by atoms with Crippen molar-refractivity contribution in [3.63, 3.8) is 0 Å². The fourth-order valence-corrected chi connectivity index (χ4v) is 1.14. The molecule has 0 atom stereocenters. The molecule has 64 valence electrons. The molecule has 12 heavy (non-hydrogen) atoms. The molecule has 0 saturated heterocycles. The van der Waals surface area contributed by atoms with Crippen LogP contribution in [0.2, 0.25) is 0 Å². The number of aromatic nitrogens is 3. The van der Waals surface area contributed by atoms with E-state index in [-0.39, 0.29) is 0 Å². The third-order valence-corrected chi connectivity index (χ3v) is 1.63. The average molecular weight is 166 g/mol. The molecule has 0 saturated carbocycles. The molecule has 0 aliphatic heterocycles. The van der Waals surface area contributed by atoms with Crippen molar-refractivity contribution in [2.45, 2.75) is 6.92 Å². The third-order valence-electron chi connectivity index (χ3n) is 1.63. The summed E-state index contributed by atoms with van der Waals surface area (Å²) >= 11 is 0. The number of anilines is 1. The van der Waals surface area contributed by atoms with Gasteiger partial charge in [0.1, 0.15) is 6.61 Å². The van der Waals surface area contributed by atoms with Gasteiger partial charge in [0.2, 0.25) is 0 Å². The highest BCUT2D eigenvalue weighted by molar-refractivity contribution is 5.65. The molecular weight excluding hydrogens is 156 g/mol. The number of nitrogens with zero attached hydrogens (tertiary/aromatic N) is 3. The van der Waals surface area contributed by atoms with Gasteiger partial charge in [-0.3, -0.25) is 0 Å². The quantitative estimate of drug-likeness (QED) is 0.691. The minimum Gasteiger partial charge on any atom is -0.411 e. The first-order valence-electron chi connectivity index (χ1n) is 3.76. The zero-order valence-electron chi connectivity index (χ0n) is 6.77. The molecule has 0 spiro atoms. The molecule has 0 aliphatic carbocycles. The van der Waals surface area contributed by atoms with Crippen molar-refractivity contribution in [2.24, 2.45) is 0 Å². The second-order valence-electron chi connectivity index (χ2n) is 2.41. The van der Waals surface area contributed by atoms with Crippen molar-refractivity contribution >= 4 is 11.3 Å². The van der Waals surface area contributed by atoms with Crippen LogP contribution in [0.1, 0.15) is 6.92 Å². The summed E-state index contributed by atoms with van der Waals surface area (Å²) in [6, 6.07) is 1.79. The van der Waals surface area contributed by atoms with Crippen LogP contribution in [0.4, 0.5) is 5.69 Å². The van der Waals surface area contributed by atoms with Gasteiger partial charge in [0.05, 0.1) is 5.69 Å². The van der Waals surface area contributed by atoms with Gasteiger partial charge >= 0.3 is 0 Å². The largest absolute Gasteiger partial charge is 0.411 e. The van der Waals surface area contributed by atoms with Gasteiger partial charge < -0.3 is 10.6 Å². The fraction of sp³-hybridized carbons (Fsp3) is 0.286. The minimum absolute atomic E-state index is 0.594. The predicted molar refractivity (Wildman–Crippen MR) is 44.7 cm³/mol. The Morgan fingerprint density at radius 2 is 2.50 bits per heavy atom. The molecule has 0 aliphatic rings. The standard InChI is InChI=1S/C7H10N4O/c1-2-12-11-5-9-10-4-3-6(8)7(10)11/h3-5H,2,8H2,1H3. The highest BCUT2D eigenvalue weighted by Gasteiger charge is 2.05. The summed E-state index contributed by atoms with van der Waals surface area (Å²) in [5.74, 6) is 0. The molecule has 2 aromatic heterocycles. The normalized spacial score (nSPS) is 10.8. The minimum atomic E-state index is 0.594. The third kappa shape index (κ3) is 0.827. The predicted octanol–water partition coefficient (Wildman–Crippen LogP) is 0.167. The van der Waals surface area contributed by atoms with Gasteiger partial charge in [0.15, 0.2) is 12.0 Å². The molecule has 0 radical (unpaired) electrons.